The number of methoxy groups -OCH3 is 1. The lowest BCUT2D eigenvalue weighted by atomic mass is 10.1. The molecule has 0 spiro atoms. The van der Waals surface area contributed by atoms with E-state index in [2.05, 4.69) is 10.6 Å². The Morgan fingerprint density at radius 3 is 2.42 bits per heavy atom. The monoisotopic (exact) mass is 553 g/mol. The van der Waals surface area contributed by atoms with E-state index in [1.54, 1.807) is 60.7 Å². The summed E-state index contributed by atoms with van der Waals surface area (Å²) >= 11 is 6.17. The number of furan rings is 1. The lowest BCUT2D eigenvalue weighted by Crippen LogP contribution is -2.38. The maximum Gasteiger partial charge on any atom is 0.264 e. The molecule has 0 unspecified atom stereocenters. The van der Waals surface area contributed by atoms with Gasteiger partial charge >= 0.3 is 0 Å². The van der Waals surface area contributed by atoms with E-state index < -0.39 is 28.4 Å². The predicted molar refractivity (Wildman–Crippen MR) is 144 cm³/mol. The van der Waals surface area contributed by atoms with Gasteiger partial charge in [-0.2, -0.15) is 0 Å². The molecule has 2 N–H and O–H groups in total. The summed E-state index contributed by atoms with van der Waals surface area (Å²) in [6.45, 7) is -0.456. The van der Waals surface area contributed by atoms with Crippen molar-refractivity contribution in [2.24, 2.45) is 0 Å². The maximum atomic E-state index is 13.6. The third-order valence-corrected chi connectivity index (χ3v) is 7.49. The van der Waals surface area contributed by atoms with Gasteiger partial charge in [-0.05, 0) is 54.6 Å². The number of nitrogens with zero attached hydrogens (tertiary/aromatic N) is 1. The van der Waals surface area contributed by atoms with Crippen LogP contribution in [0.2, 0.25) is 5.02 Å². The molecular weight excluding hydrogens is 530 g/mol. The molecule has 11 heteroatoms. The molecule has 0 radical (unpaired) electrons. The Balaban J connectivity index is 1.62. The fraction of sp³-hybridized carbons (Fsp3) is 0.111. The molecule has 3 aromatic carbocycles. The molecule has 0 aliphatic carbocycles. The first-order valence-corrected chi connectivity index (χ1v) is 13.2. The van der Waals surface area contributed by atoms with Crippen molar-refractivity contribution >= 4 is 44.8 Å². The van der Waals surface area contributed by atoms with Gasteiger partial charge in [0.2, 0.25) is 5.91 Å². The van der Waals surface area contributed by atoms with Crippen molar-refractivity contribution < 1.29 is 27.2 Å². The highest BCUT2D eigenvalue weighted by Crippen LogP contribution is 2.35. The van der Waals surface area contributed by atoms with E-state index in [0.717, 1.165) is 4.31 Å². The van der Waals surface area contributed by atoms with Gasteiger partial charge in [-0.25, -0.2) is 8.42 Å². The van der Waals surface area contributed by atoms with Gasteiger partial charge in [0.05, 0.1) is 41.8 Å². The molecule has 0 atom stereocenters. The van der Waals surface area contributed by atoms with E-state index in [1.807, 2.05) is 0 Å². The van der Waals surface area contributed by atoms with Gasteiger partial charge in [-0.3, -0.25) is 13.9 Å². The van der Waals surface area contributed by atoms with Crippen LogP contribution in [0.15, 0.2) is 101 Å². The third kappa shape index (κ3) is 6.16. The molecule has 0 saturated heterocycles. The van der Waals surface area contributed by atoms with Gasteiger partial charge in [-0.1, -0.05) is 41.9 Å². The highest BCUT2D eigenvalue weighted by atomic mass is 35.5. The molecule has 2 amide bonds. The van der Waals surface area contributed by atoms with E-state index in [9.17, 15) is 18.0 Å². The number of hydrogen-bond donors (Lipinski definition) is 2. The number of carbonyl (C=O) groups excluding carboxylic acids is 2. The maximum absolute atomic E-state index is 13.6. The molecule has 1 heterocycles. The first-order valence-electron chi connectivity index (χ1n) is 11.4. The summed E-state index contributed by atoms with van der Waals surface area (Å²) < 4.78 is 38.8. The number of anilines is 2. The van der Waals surface area contributed by atoms with Crippen LogP contribution in [-0.4, -0.2) is 33.9 Å². The molecule has 4 rings (SSSR count). The smallest absolute Gasteiger partial charge is 0.264 e. The van der Waals surface area contributed by atoms with Crippen LogP contribution in [0.1, 0.15) is 16.1 Å². The minimum atomic E-state index is -4.21. The van der Waals surface area contributed by atoms with Gasteiger partial charge in [0.15, 0.2) is 0 Å². The number of para-hydroxylation sites is 1. The van der Waals surface area contributed by atoms with Crippen LogP contribution in [0, 0.1) is 0 Å². The van der Waals surface area contributed by atoms with Crippen molar-refractivity contribution in [1.29, 1.82) is 0 Å². The number of amides is 2. The molecule has 9 nitrogen and oxygen atoms in total. The van der Waals surface area contributed by atoms with Gasteiger partial charge in [-0.15, -0.1) is 0 Å². The molecule has 0 aliphatic heterocycles. The average Bonchev–Trinajstić information content (AvgIpc) is 3.45. The minimum absolute atomic E-state index is 0.0208. The second-order valence-electron chi connectivity index (χ2n) is 8.00. The van der Waals surface area contributed by atoms with Crippen LogP contribution in [-0.2, 0) is 21.4 Å². The van der Waals surface area contributed by atoms with E-state index in [1.165, 1.54) is 37.6 Å². The van der Waals surface area contributed by atoms with E-state index in [-0.39, 0.29) is 39.2 Å². The number of sulfonamides is 1. The topological polar surface area (TPSA) is 118 Å². The van der Waals surface area contributed by atoms with Crippen LogP contribution in [0.3, 0.4) is 0 Å². The van der Waals surface area contributed by atoms with Crippen molar-refractivity contribution in [3.05, 3.63) is 108 Å². The Kier molecular flexibility index (Phi) is 8.35. The SMILES string of the molecule is COc1ccc(Cl)cc1N(CC(=O)Nc1ccccc1C(=O)NCc1ccco1)S(=O)(=O)c1ccccc1. The zero-order chi connectivity index (χ0) is 27.1. The summed E-state index contributed by atoms with van der Waals surface area (Å²) in [6.07, 6.45) is 1.50. The second kappa shape index (κ2) is 11.8. The van der Waals surface area contributed by atoms with E-state index >= 15 is 0 Å². The summed E-state index contributed by atoms with van der Waals surface area (Å²) in [4.78, 5) is 26.0. The van der Waals surface area contributed by atoms with Gasteiger partial charge < -0.3 is 19.8 Å². The lowest BCUT2D eigenvalue weighted by molar-refractivity contribution is -0.114. The molecular formula is C27H24ClN3O6S. The Morgan fingerprint density at radius 1 is 0.974 bits per heavy atom. The van der Waals surface area contributed by atoms with Crippen LogP contribution in [0.25, 0.3) is 0 Å². The zero-order valence-electron chi connectivity index (χ0n) is 20.3. The van der Waals surface area contributed by atoms with Crippen LogP contribution in [0.5, 0.6) is 5.75 Å². The standard InChI is InChI=1S/C27H24ClN3O6S/c1-36-25-14-13-19(28)16-24(25)31(38(34,35)21-9-3-2-4-10-21)18-26(32)30-23-12-6-5-11-22(23)27(33)29-17-20-8-7-15-37-20/h2-16H,17-18H2,1H3,(H,29,33)(H,30,32). The number of hydrogen-bond acceptors (Lipinski definition) is 6. The van der Waals surface area contributed by atoms with Crippen LogP contribution in [0.4, 0.5) is 11.4 Å². The van der Waals surface area contributed by atoms with Crippen molar-refractivity contribution in [3.8, 4) is 5.75 Å². The molecule has 38 heavy (non-hydrogen) atoms. The summed E-state index contributed by atoms with van der Waals surface area (Å²) in [5.74, 6) is -0.350. The van der Waals surface area contributed by atoms with Gasteiger partial charge in [0, 0.05) is 5.02 Å². The normalized spacial score (nSPS) is 11.0. The number of halogens is 1. The van der Waals surface area contributed by atoms with Crippen molar-refractivity contribution in [3.63, 3.8) is 0 Å². The number of rotatable bonds is 10. The van der Waals surface area contributed by atoms with E-state index in [0.29, 0.717) is 5.76 Å². The van der Waals surface area contributed by atoms with Gasteiger partial charge in [0.25, 0.3) is 15.9 Å². The fourth-order valence-electron chi connectivity index (χ4n) is 3.66. The summed E-state index contributed by atoms with van der Waals surface area (Å²) in [7, 11) is -2.82. The molecule has 4 aromatic rings. The molecule has 1 aromatic heterocycles. The molecule has 0 fully saturated rings. The Labute approximate surface area is 225 Å². The largest absolute Gasteiger partial charge is 0.495 e. The lowest BCUT2D eigenvalue weighted by Gasteiger charge is -2.26. The number of nitrogens with one attached hydrogen (secondary N) is 2. The Hall–Kier alpha value is -4.28. The Morgan fingerprint density at radius 2 is 1.71 bits per heavy atom. The first kappa shape index (κ1) is 26.8. The van der Waals surface area contributed by atoms with Gasteiger partial charge in [0.1, 0.15) is 18.1 Å². The minimum Gasteiger partial charge on any atom is -0.495 e. The van der Waals surface area contributed by atoms with Crippen LogP contribution >= 0.6 is 11.6 Å². The summed E-state index contributed by atoms with van der Waals surface area (Å²) in [5.41, 5.74) is 0.498. The number of ether oxygens (including phenoxy) is 1. The van der Waals surface area contributed by atoms with Crippen LogP contribution < -0.4 is 19.7 Å². The predicted octanol–water partition coefficient (Wildman–Crippen LogP) is 4.71. The number of carbonyl (C=O) groups is 2. The first-order chi connectivity index (χ1) is 18.3. The van der Waals surface area contributed by atoms with E-state index in [4.69, 9.17) is 20.8 Å². The van der Waals surface area contributed by atoms with Crippen molar-refractivity contribution in [2.45, 2.75) is 11.4 Å². The molecule has 0 aliphatic rings. The Bertz CT molecular complexity index is 1530. The quantitative estimate of drug-likeness (QED) is 0.294. The highest BCUT2D eigenvalue weighted by Gasteiger charge is 2.30. The zero-order valence-corrected chi connectivity index (χ0v) is 21.8. The highest BCUT2D eigenvalue weighted by molar-refractivity contribution is 7.92. The third-order valence-electron chi connectivity index (χ3n) is 5.48. The average molecular weight is 554 g/mol. The molecule has 0 bridgehead atoms. The molecule has 0 saturated carbocycles. The van der Waals surface area contributed by atoms with Crippen molar-refractivity contribution in [1.82, 2.24) is 5.32 Å². The fourth-order valence-corrected chi connectivity index (χ4v) is 5.27. The van der Waals surface area contributed by atoms with Crippen molar-refractivity contribution in [2.75, 3.05) is 23.3 Å². The summed E-state index contributed by atoms with van der Waals surface area (Å²) in [6, 6.07) is 22.0. The molecule has 196 valence electrons. The summed E-state index contributed by atoms with van der Waals surface area (Å²) in [5, 5.41) is 5.64. The second-order valence-corrected chi connectivity index (χ2v) is 10.3. The number of benzene rings is 3.